The summed E-state index contributed by atoms with van der Waals surface area (Å²) in [6.07, 6.45) is 4.05. The maximum absolute atomic E-state index is 5.15. The molecule has 6 aromatic carbocycles. The monoisotopic (exact) mass is 655 g/mol. The lowest BCUT2D eigenvalue weighted by Gasteiger charge is -2.33. The molecule has 0 spiro atoms. The van der Waals surface area contributed by atoms with E-state index in [0.29, 0.717) is 0 Å². The lowest BCUT2D eigenvalue weighted by Crippen LogP contribution is -2.19. The fourth-order valence-electron chi connectivity index (χ4n) is 7.38. The zero-order valence-corrected chi connectivity index (χ0v) is 27.9. The summed E-state index contributed by atoms with van der Waals surface area (Å²) in [5, 5.41) is 4.72. The van der Waals surface area contributed by atoms with E-state index < -0.39 is 0 Å². The minimum Gasteiger partial charge on any atom is -0.309 e. The molecule has 4 heteroatoms. The molecule has 9 aromatic rings. The Hall–Kier alpha value is -6.36. The smallest absolute Gasteiger partial charge is 0.0972 e. The van der Waals surface area contributed by atoms with Gasteiger partial charge in [-0.05, 0) is 76.9 Å². The van der Waals surface area contributed by atoms with Crippen molar-refractivity contribution in [2.75, 3.05) is 4.90 Å². The molecule has 1 aliphatic heterocycles. The van der Waals surface area contributed by atoms with Crippen molar-refractivity contribution in [2.45, 2.75) is 0 Å². The van der Waals surface area contributed by atoms with E-state index in [4.69, 9.17) is 4.98 Å². The van der Waals surface area contributed by atoms with Crippen LogP contribution in [0.1, 0.15) is 11.1 Å². The Morgan fingerprint density at radius 3 is 2.18 bits per heavy atom. The number of thiophene rings is 1. The van der Waals surface area contributed by atoms with Crippen LogP contribution in [0.2, 0.25) is 0 Å². The Morgan fingerprint density at radius 2 is 1.30 bits per heavy atom. The first-order chi connectivity index (χ1) is 24.7. The Bertz CT molecular complexity index is 2830. The first-order valence-corrected chi connectivity index (χ1v) is 17.6. The third kappa shape index (κ3) is 4.57. The summed E-state index contributed by atoms with van der Waals surface area (Å²) in [5.74, 6) is 0. The van der Waals surface area contributed by atoms with E-state index in [0.717, 1.165) is 66.8 Å². The van der Waals surface area contributed by atoms with E-state index in [-0.39, 0.29) is 0 Å². The van der Waals surface area contributed by atoms with E-state index in [9.17, 15) is 0 Å². The molecule has 0 N–H and O–H groups in total. The summed E-state index contributed by atoms with van der Waals surface area (Å²) in [6, 6.07) is 54.1. The van der Waals surface area contributed by atoms with E-state index in [1.807, 2.05) is 23.6 Å². The summed E-state index contributed by atoms with van der Waals surface area (Å²) in [7, 11) is 0. The molecule has 234 valence electrons. The number of allylic oxidation sites excluding steroid dienone is 2. The topological polar surface area (TPSA) is 29.0 Å². The van der Waals surface area contributed by atoms with E-state index in [2.05, 4.69) is 168 Å². The van der Waals surface area contributed by atoms with Crippen LogP contribution in [-0.2, 0) is 0 Å². The molecule has 50 heavy (non-hydrogen) atoms. The molecule has 0 unspecified atom stereocenters. The van der Waals surface area contributed by atoms with Gasteiger partial charge in [-0.15, -0.1) is 11.3 Å². The van der Waals surface area contributed by atoms with Crippen LogP contribution >= 0.6 is 11.3 Å². The second-order valence-electron chi connectivity index (χ2n) is 12.7. The lowest BCUT2D eigenvalue weighted by molar-refractivity contribution is 1.27. The van der Waals surface area contributed by atoms with Gasteiger partial charge in [-0.1, -0.05) is 110 Å². The minimum atomic E-state index is 0.933. The summed E-state index contributed by atoms with van der Waals surface area (Å²) < 4.78 is 2.54. The molecular weight excluding hydrogens is 627 g/mol. The second kappa shape index (κ2) is 11.4. The fraction of sp³-hybridized carbons (Fsp3) is 0. The Balaban J connectivity index is 1.07. The number of pyridine rings is 2. The van der Waals surface area contributed by atoms with Crippen molar-refractivity contribution in [2.24, 2.45) is 0 Å². The van der Waals surface area contributed by atoms with Crippen molar-refractivity contribution >= 4 is 76.0 Å². The number of hydrogen-bond donors (Lipinski definition) is 0. The van der Waals surface area contributed by atoms with Gasteiger partial charge in [-0.3, -0.25) is 4.98 Å². The second-order valence-corrected chi connectivity index (χ2v) is 13.8. The SMILES string of the molecule is C=C1C=C(c2ccc(-c3cccc4sc5ccc(-c6ccc7ccc8cccnc8c7n6)cc5c34)cc2)N(c2ccccc2)c2ccccc21. The predicted molar refractivity (Wildman–Crippen MR) is 213 cm³/mol. The van der Waals surface area contributed by atoms with Crippen molar-refractivity contribution in [3.05, 3.63) is 182 Å². The molecule has 3 aromatic heterocycles. The Kier molecular flexibility index (Phi) is 6.51. The number of aromatic nitrogens is 2. The van der Waals surface area contributed by atoms with Crippen molar-refractivity contribution in [1.29, 1.82) is 0 Å². The van der Waals surface area contributed by atoms with Crippen LogP contribution in [-0.4, -0.2) is 9.97 Å². The number of rotatable bonds is 4. The maximum Gasteiger partial charge on any atom is 0.0972 e. The van der Waals surface area contributed by atoms with E-state index in [1.165, 1.54) is 31.3 Å². The van der Waals surface area contributed by atoms with Gasteiger partial charge in [-0.25, -0.2) is 4.98 Å². The molecule has 1 aliphatic rings. The third-order valence-corrected chi connectivity index (χ3v) is 10.9. The quantitative estimate of drug-likeness (QED) is 0.177. The maximum atomic E-state index is 5.15. The summed E-state index contributed by atoms with van der Waals surface area (Å²) in [5.41, 5.74) is 13.0. The number of benzene rings is 6. The highest BCUT2D eigenvalue weighted by Crippen LogP contribution is 2.45. The van der Waals surface area contributed by atoms with E-state index >= 15 is 0 Å². The summed E-state index contributed by atoms with van der Waals surface area (Å²) in [6.45, 7) is 4.43. The van der Waals surface area contributed by atoms with Crippen LogP contribution in [0.25, 0.3) is 75.6 Å². The molecule has 0 aliphatic carbocycles. The summed E-state index contributed by atoms with van der Waals surface area (Å²) >= 11 is 1.84. The molecule has 0 fully saturated rings. The van der Waals surface area contributed by atoms with Gasteiger partial charge in [0, 0.05) is 54.0 Å². The number of anilines is 2. The van der Waals surface area contributed by atoms with Gasteiger partial charge in [0.05, 0.1) is 28.1 Å². The van der Waals surface area contributed by atoms with Crippen molar-refractivity contribution < 1.29 is 0 Å². The van der Waals surface area contributed by atoms with Crippen LogP contribution < -0.4 is 4.90 Å². The Labute approximate surface area is 293 Å². The molecule has 0 radical (unpaired) electrons. The van der Waals surface area contributed by atoms with Gasteiger partial charge in [0.1, 0.15) is 0 Å². The van der Waals surface area contributed by atoms with Crippen molar-refractivity contribution in [1.82, 2.24) is 9.97 Å². The average molecular weight is 656 g/mol. The van der Waals surface area contributed by atoms with Crippen LogP contribution in [0.5, 0.6) is 0 Å². The molecule has 3 nitrogen and oxygen atoms in total. The van der Waals surface area contributed by atoms with Gasteiger partial charge in [0.15, 0.2) is 0 Å². The molecule has 4 heterocycles. The Morgan fingerprint density at radius 1 is 0.560 bits per heavy atom. The highest BCUT2D eigenvalue weighted by atomic mass is 32.1. The molecular formula is C46H29N3S. The van der Waals surface area contributed by atoms with Gasteiger partial charge >= 0.3 is 0 Å². The van der Waals surface area contributed by atoms with Crippen LogP contribution in [0.3, 0.4) is 0 Å². The number of para-hydroxylation sites is 2. The van der Waals surface area contributed by atoms with Crippen LogP contribution in [0.4, 0.5) is 11.4 Å². The zero-order chi connectivity index (χ0) is 33.2. The fourth-order valence-corrected chi connectivity index (χ4v) is 8.49. The van der Waals surface area contributed by atoms with E-state index in [1.54, 1.807) is 0 Å². The van der Waals surface area contributed by atoms with Crippen LogP contribution in [0, 0.1) is 0 Å². The first kappa shape index (κ1) is 28.6. The molecule has 0 amide bonds. The highest BCUT2D eigenvalue weighted by molar-refractivity contribution is 7.26. The normalized spacial score (nSPS) is 12.9. The molecule has 0 saturated carbocycles. The summed E-state index contributed by atoms with van der Waals surface area (Å²) in [4.78, 5) is 12.2. The molecule has 10 rings (SSSR count). The largest absolute Gasteiger partial charge is 0.309 e. The van der Waals surface area contributed by atoms with Gasteiger partial charge in [-0.2, -0.15) is 0 Å². The van der Waals surface area contributed by atoms with Gasteiger partial charge in [0.25, 0.3) is 0 Å². The van der Waals surface area contributed by atoms with Gasteiger partial charge < -0.3 is 4.90 Å². The highest BCUT2D eigenvalue weighted by Gasteiger charge is 2.24. The predicted octanol–water partition coefficient (Wildman–Crippen LogP) is 12.7. The average Bonchev–Trinajstić information content (AvgIpc) is 3.56. The van der Waals surface area contributed by atoms with Crippen LogP contribution in [0.15, 0.2) is 171 Å². The number of hydrogen-bond acceptors (Lipinski definition) is 4. The van der Waals surface area contributed by atoms with Crippen molar-refractivity contribution in [3.63, 3.8) is 0 Å². The standard InChI is InChI=1S/C46H29N3S/c1-29-27-41(49(35-10-3-2-4-11-35)40-14-6-5-12-36(29)40)31-18-16-30(17-19-31)37-13-7-15-43-44(37)38-28-34(23-25-42(38)50-43)39-24-22-33-21-20-32-9-8-26-47-45(32)46(33)48-39/h2-28H,1H2. The third-order valence-electron chi connectivity index (χ3n) is 9.77. The lowest BCUT2D eigenvalue weighted by atomic mass is 9.93. The number of nitrogens with zero attached hydrogens (tertiary/aromatic N) is 3. The van der Waals surface area contributed by atoms with Crippen molar-refractivity contribution in [3.8, 4) is 22.4 Å². The van der Waals surface area contributed by atoms with Gasteiger partial charge in [0.2, 0.25) is 0 Å². The minimum absolute atomic E-state index is 0.933. The number of fused-ring (bicyclic) bond motifs is 7. The molecule has 0 bridgehead atoms. The molecule has 0 atom stereocenters. The molecule has 0 saturated heterocycles. The first-order valence-electron chi connectivity index (χ1n) is 16.8. The zero-order valence-electron chi connectivity index (χ0n) is 27.0.